The molecule has 0 saturated heterocycles. The van der Waals surface area contributed by atoms with E-state index in [-0.39, 0.29) is 22.9 Å². The molecule has 2 rings (SSSR count). The van der Waals surface area contributed by atoms with Gasteiger partial charge in [-0.1, -0.05) is 45.0 Å². The second kappa shape index (κ2) is 8.16. The summed E-state index contributed by atoms with van der Waals surface area (Å²) >= 11 is 0. The van der Waals surface area contributed by atoms with E-state index in [1.54, 1.807) is 25.1 Å². The van der Waals surface area contributed by atoms with Gasteiger partial charge in [0, 0.05) is 0 Å². The summed E-state index contributed by atoms with van der Waals surface area (Å²) in [6, 6.07) is 13.9. The Morgan fingerprint density at radius 3 is 2.32 bits per heavy atom. The number of benzene rings is 2. The van der Waals surface area contributed by atoms with Gasteiger partial charge in [-0.25, -0.2) is 8.42 Å². The first kappa shape index (κ1) is 19.0. The molecule has 0 aromatic heterocycles. The van der Waals surface area contributed by atoms with Crippen molar-refractivity contribution in [3.05, 3.63) is 54.1 Å². The van der Waals surface area contributed by atoms with E-state index in [0.717, 1.165) is 0 Å². The fourth-order valence-corrected chi connectivity index (χ4v) is 3.33. The summed E-state index contributed by atoms with van der Waals surface area (Å²) in [5.41, 5.74) is 1.46. The van der Waals surface area contributed by atoms with Crippen LogP contribution in [0.15, 0.2) is 53.4 Å². The van der Waals surface area contributed by atoms with Crippen molar-refractivity contribution in [1.82, 2.24) is 0 Å². The second-order valence-corrected chi connectivity index (χ2v) is 8.21. The molecule has 0 atom stereocenters. The summed E-state index contributed by atoms with van der Waals surface area (Å²) in [7, 11) is -3.41. The highest BCUT2D eigenvalue weighted by molar-refractivity contribution is 7.91. The van der Waals surface area contributed by atoms with Crippen LogP contribution in [0.5, 0.6) is 5.75 Å². The van der Waals surface area contributed by atoms with Crippen LogP contribution in [0, 0.1) is 0 Å². The molecule has 0 aliphatic rings. The van der Waals surface area contributed by atoms with Gasteiger partial charge in [-0.15, -0.1) is 0 Å². The predicted octanol–water partition coefficient (Wildman–Crippen LogP) is 3.62. The number of anilines is 1. The number of ether oxygens (including phenoxy) is 1. The molecule has 0 bridgehead atoms. The zero-order valence-electron chi connectivity index (χ0n) is 14.7. The number of carbonyl (C=O) groups is 1. The summed E-state index contributed by atoms with van der Waals surface area (Å²) in [5, 5.41) is 2.61. The Bertz CT molecular complexity index is 827. The highest BCUT2D eigenvalue weighted by atomic mass is 32.2. The molecule has 1 amide bonds. The summed E-state index contributed by atoms with van der Waals surface area (Å²) in [6.07, 6.45) is 0. The number of sulfone groups is 1. The van der Waals surface area contributed by atoms with Gasteiger partial charge in [-0.3, -0.25) is 4.79 Å². The molecule has 0 saturated carbocycles. The van der Waals surface area contributed by atoms with Gasteiger partial charge < -0.3 is 10.1 Å². The van der Waals surface area contributed by atoms with Gasteiger partial charge in [0.05, 0.1) is 16.3 Å². The molecule has 0 unspecified atom stereocenters. The van der Waals surface area contributed by atoms with E-state index in [9.17, 15) is 13.2 Å². The lowest BCUT2D eigenvalue weighted by Gasteiger charge is -2.12. The number of carbonyl (C=O) groups excluding carboxylic acids is 1. The van der Waals surface area contributed by atoms with Crippen LogP contribution in [-0.2, 0) is 14.6 Å². The van der Waals surface area contributed by atoms with Gasteiger partial charge in [-0.05, 0) is 35.7 Å². The third-order valence-electron chi connectivity index (χ3n) is 3.79. The van der Waals surface area contributed by atoms with Crippen LogP contribution in [0.4, 0.5) is 5.69 Å². The molecule has 0 aliphatic heterocycles. The Hall–Kier alpha value is -2.34. The van der Waals surface area contributed by atoms with Crippen molar-refractivity contribution >= 4 is 21.4 Å². The first-order chi connectivity index (χ1) is 11.8. The van der Waals surface area contributed by atoms with Gasteiger partial charge in [0.15, 0.2) is 16.4 Å². The number of hydrogen-bond acceptors (Lipinski definition) is 4. The zero-order chi connectivity index (χ0) is 18.4. The SMILES string of the molecule is CCS(=O)(=O)c1ccccc1NC(=O)COc1ccc(C(C)C)cc1. The third-order valence-corrected chi connectivity index (χ3v) is 5.58. The number of rotatable bonds is 7. The van der Waals surface area contributed by atoms with E-state index in [4.69, 9.17) is 4.74 Å². The topological polar surface area (TPSA) is 72.5 Å². The fourth-order valence-electron chi connectivity index (χ4n) is 2.28. The van der Waals surface area contributed by atoms with Crippen LogP contribution in [0.1, 0.15) is 32.3 Å². The molecule has 0 aliphatic carbocycles. The van der Waals surface area contributed by atoms with Gasteiger partial charge in [0.25, 0.3) is 5.91 Å². The highest BCUT2D eigenvalue weighted by Crippen LogP contribution is 2.22. The van der Waals surface area contributed by atoms with Gasteiger partial charge >= 0.3 is 0 Å². The molecule has 2 aromatic rings. The molecular formula is C19H23NO4S. The van der Waals surface area contributed by atoms with Crippen molar-refractivity contribution in [3.63, 3.8) is 0 Å². The second-order valence-electron chi connectivity index (χ2n) is 5.96. The van der Waals surface area contributed by atoms with Crippen molar-refractivity contribution < 1.29 is 17.9 Å². The fraction of sp³-hybridized carbons (Fsp3) is 0.316. The molecule has 0 heterocycles. The Kier molecular flexibility index (Phi) is 6.20. The summed E-state index contributed by atoms with van der Waals surface area (Å²) in [5.74, 6) is 0.577. The molecule has 0 radical (unpaired) electrons. The van der Waals surface area contributed by atoms with Crippen LogP contribution < -0.4 is 10.1 Å². The molecule has 5 nitrogen and oxygen atoms in total. The van der Waals surface area contributed by atoms with Gasteiger partial charge in [-0.2, -0.15) is 0 Å². The standard InChI is InChI=1S/C19H23NO4S/c1-4-25(22,23)18-8-6-5-7-17(18)20-19(21)13-24-16-11-9-15(10-12-16)14(2)3/h5-12,14H,4,13H2,1-3H3,(H,20,21). The first-order valence-corrected chi connectivity index (χ1v) is 9.83. The average molecular weight is 361 g/mol. The van der Waals surface area contributed by atoms with Crippen molar-refractivity contribution in [2.75, 3.05) is 17.7 Å². The normalized spacial score (nSPS) is 11.4. The minimum absolute atomic E-state index is 0.0292. The van der Waals surface area contributed by atoms with Crippen LogP contribution in [0.3, 0.4) is 0 Å². The Morgan fingerprint density at radius 1 is 1.08 bits per heavy atom. The molecule has 25 heavy (non-hydrogen) atoms. The zero-order valence-corrected chi connectivity index (χ0v) is 15.5. The van der Waals surface area contributed by atoms with Crippen molar-refractivity contribution in [1.29, 1.82) is 0 Å². The van der Waals surface area contributed by atoms with Crippen molar-refractivity contribution in [2.24, 2.45) is 0 Å². The lowest BCUT2D eigenvalue weighted by atomic mass is 10.0. The largest absolute Gasteiger partial charge is 0.484 e. The minimum Gasteiger partial charge on any atom is -0.484 e. The first-order valence-electron chi connectivity index (χ1n) is 8.18. The molecule has 6 heteroatoms. The maximum absolute atomic E-state index is 12.1. The molecule has 1 N–H and O–H groups in total. The Labute approximate surface area is 148 Å². The predicted molar refractivity (Wildman–Crippen MR) is 98.8 cm³/mol. The van der Waals surface area contributed by atoms with E-state index in [2.05, 4.69) is 19.2 Å². The molecule has 0 spiro atoms. The number of amides is 1. The molecule has 2 aromatic carbocycles. The van der Waals surface area contributed by atoms with E-state index in [0.29, 0.717) is 11.7 Å². The molecule has 0 fully saturated rings. The lowest BCUT2D eigenvalue weighted by molar-refractivity contribution is -0.118. The minimum atomic E-state index is -3.41. The quantitative estimate of drug-likeness (QED) is 0.817. The maximum Gasteiger partial charge on any atom is 0.262 e. The van der Waals surface area contributed by atoms with Gasteiger partial charge in [0.1, 0.15) is 5.75 Å². The smallest absolute Gasteiger partial charge is 0.262 e. The van der Waals surface area contributed by atoms with E-state index in [1.165, 1.54) is 11.6 Å². The Balaban J connectivity index is 2.02. The van der Waals surface area contributed by atoms with E-state index >= 15 is 0 Å². The Morgan fingerprint density at radius 2 is 1.72 bits per heavy atom. The average Bonchev–Trinajstić information content (AvgIpc) is 2.60. The van der Waals surface area contributed by atoms with Crippen molar-refractivity contribution in [3.8, 4) is 5.75 Å². The number of para-hydroxylation sites is 1. The number of nitrogens with one attached hydrogen (secondary N) is 1. The van der Waals surface area contributed by atoms with Crippen LogP contribution >= 0.6 is 0 Å². The van der Waals surface area contributed by atoms with Gasteiger partial charge in [0.2, 0.25) is 0 Å². The van der Waals surface area contributed by atoms with E-state index < -0.39 is 15.7 Å². The van der Waals surface area contributed by atoms with Crippen LogP contribution in [-0.4, -0.2) is 26.7 Å². The monoisotopic (exact) mass is 361 g/mol. The summed E-state index contributed by atoms with van der Waals surface area (Å²) < 4.78 is 29.6. The molecule has 134 valence electrons. The van der Waals surface area contributed by atoms with Crippen LogP contribution in [0.25, 0.3) is 0 Å². The molecular weight excluding hydrogens is 338 g/mol. The number of hydrogen-bond donors (Lipinski definition) is 1. The van der Waals surface area contributed by atoms with Crippen molar-refractivity contribution in [2.45, 2.75) is 31.6 Å². The van der Waals surface area contributed by atoms with Crippen LogP contribution in [0.2, 0.25) is 0 Å². The summed E-state index contributed by atoms with van der Waals surface area (Å²) in [4.78, 5) is 12.2. The summed E-state index contributed by atoms with van der Waals surface area (Å²) in [6.45, 7) is 5.58. The van der Waals surface area contributed by atoms with E-state index in [1.807, 2.05) is 24.3 Å². The maximum atomic E-state index is 12.1. The third kappa shape index (κ3) is 5.06. The highest BCUT2D eigenvalue weighted by Gasteiger charge is 2.17. The lowest BCUT2D eigenvalue weighted by Crippen LogP contribution is -2.21.